The Kier molecular flexibility index (Phi) is 9.45. The first-order chi connectivity index (χ1) is 7.24. The molecule has 0 aromatic carbocycles. The monoisotopic (exact) mass is 231 g/mol. The second-order valence-electron chi connectivity index (χ2n) is 4.32. The zero-order valence-electron chi connectivity index (χ0n) is 11.1. The van der Waals surface area contributed by atoms with Gasteiger partial charge in [0.15, 0.2) is 8.32 Å². The maximum atomic E-state index is 6.17. The Morgan fingerprint density at radius 2 is 1.60 bits per heavy atom. The number of hydrogen-bond donors (Lipinski definition) is 1. The first-order valence-corrected chi connectivity index (χ1v) is 9.06. The van der Waals surface area contributed by atoms with Crippen LogP contribution in [-0.2, 0) is 4.43 Å². The second-order valence-corrected chi connectivity index (χ2v) is 8.48. The molecular weight excluding hydrogens is 202 g/mol. The van der Waals surface area contributed by atoms with Gasteiger partial charge in [-0.05, 0) is 45.1 Å². The maximum absolute atomic E-state index is 6.17. The first-order valence-electron chi connectivity index (χ1n) is 6.53. The van der Waals surface area contributed by atoms with Gasteiger partial charge in [-0.25, -0.2) is 0 Å². The van der Waals surface area contributed by atoms with E-state index in [9.17, 15) is 0 Å². The van der Waals surface area contributed by atoms with Crippen LogP contribution in [0.2, 0.25) is 18.1 Å². The Bertz CT molecular complexity index is 125. The summed E-state index contributed by atoms with van der Waals surface area (Å²) >= 11 is 0. The first kappa shape index (κ1) is 15.1. The molecule has 0 rings (SSSR count). The van der Waals surface area contributed by atoms with Crippen LogP contribution in [0, 0.1) is 0 Å². The van der Waals surface area contributed by atoms with E-state index in [0.717, 1.165) is 13.2 Å². The molecule has 0 spiro atoms. The van der Waals surface area contributed by atoms with E-state index in [2.05, 4.69) is 26.1 Å². The smallest absolute Gasteiger partial charge is 0.192 e. The standard InChI is InChI=1S/C12H29NOSi/c1-5-10-15(11-6-2,14-7-3)12-8-9-13-4/h13H,5-12H2,1-4H3. The molecule has 0 radical (unpaired) electrons. The molecule has 2 nitrogen and oxygen atoms in total. The van der Waals surface area contributed by atoms with E-state index in [1.165, 1.54) is 37.4 Å². The van der Waals surface area contributed by atoms with Crippen molar-refractivity contribution in [2.24, 2.45) is 0 Å². The van der Waals surface area contributed by atoms with Crippen molar-refractivity contribution in [1.82, 2.24) is 5.32 Å². The summed E-state index contributed by atoms with van der Waals surface area (Å²) in [5.74, 6) is 0. The topological polar surface area (TPSA) is 21.3 Å². The molecule has 92 valence electrons. The Morgan fingerprint density at radius 1 is 1.00 bits per heavy atom. The predicted octanol–water partition coefficient (Wildman–Crippen LogP) is 3.40. The Labute approximate surface area is 96.9 Å². The molecule has 0 fully saturated rings. The Morgan fingerprint density at radius 3 is 2.00 bits per heavy atom. The van der Waals surface area contributed by atoms with Gasteiger partial charge in [-0.1, -0.05) is 26.7 Å². The van der Waals surface area contributed by atoms with Crippen molar-refractivity contribution in [2.75, 3.05) is 20.2 Å². The molecule has 0 aromatic heterocycles. The van der Waals surface area contributed by atoms with E-state index in [1.807, 2.05) is 7.05 Å². The molecule has 3 heteroatoms. The molecule has 0 aliphatic carbocycles. The van der Waals surface area contributed by atoms with Crippen molar-refractivity contribution in [2.45, 2.75) is 58.2 Å². The molecule has 0 aliphatic heterocycles. The van der Waals surface area contributed by atoms with Crippen LogP contribution in [-0.4, -0.2) is 28.5 Å². The van der Waals surface area contributed by atoms with Crippen molar-refractivity contribution < 1.29 is 4.43 Å². The van der Waals surface area contributed by atoms with Crippen LogP contribution in [0.15, 0.2) is 0 Å². The van der Waals surface area contributed by atoms with Crippen LogP contribution in [0.25, 0.3) is 0 Å². The van der Waals surface area contributed by atoms with E-state index >= 15 is 0 Å². The minimum atomic E-state index is -1.37. The summed E-state index contributed by atoms with van der Waals surface area (Å²) in [7, 11) is 0.659. The molecular formula is C12H29NOSi. The lowest BCUT2D eigenvalue weighted by molar-refractivity contribution is 0.315. The predicted molar refractivity (Wildman–Crippen MR) is 70.9 cm³/mol. The lowest BCUT2D eigenvalue weighted by Gasteiger charge is -2.30. The van der Waals surface area contributed by atoms with Gasteiger partial charge in [-0.15, -0.1) is 0 Å². The summed E-state index contributed by atoms with van der Waals surface area (Å²) < 4.78 is 6.17. The van der Waals surface area contributed by atoms with Gasteiger partial charge < -0.3 is 9.74 Å². The highest BCUT2D eigenvalue weighted by atomic mass is 28.4. The van der Waals surface area contributed by atoms with Gasteiger partial charge in [0, 0.05) is 6.61 Å². The lowest BCUT2D eigenvalue weighted by atomic mass is 10.5. The molecule has 0 saturated heterocycles. The molecule has 15 heavy (non-hydrogen) atoms. The molecule has 1 N–H and O–H groups in total. The minimum Gasteiger partial charge on any atom is -0.417 e. The summed E-state index contributed by atoms with van der Waals surface area (Å²) in [6.07, 6.45) is 3.85. The number of hydrogen-bond acceptors (Lipinski definition) is 2. The largest absolute Gasteiger partial charge is 0.417 e. The minimum absolute atomic E-state index is 0.909. The summed E-state index contributed by atoms with van der Waals surface area (Å²) in [4.78, 5) is 0. The lowest BCUT2D eigenvalue weighted by Crippen LogP contribution is -2.38. The van der Waals surface area contributed by atoms with Crippen LogP contribution in [0.1, 0.15) is 40.0 Å². The molecule has 0 atom stereocenters. The fourth-order valence-electron chi connectivity index (χ4n) is 2.40. The normalized spacial score (nSPS) is 12.0. The third kappa shape index (κ3) is 6.33. The highest BCUT2D eigenvalue weighted by Gasteiger charge is 2.31. The van der Waals surface area contributed by atoms with Gasteiger partial charge in [-0.3, -0.25) is 0 Å². The average molecular weight is 231 g/mol. The van der Waals surface area contributed by atoms with Crippen LogP contribution in [0.5, 0.6) is 0 Å². The fraction of sp³-hybridized carbons (Fsp3) is 1.00. The summed E-state index contributed by atoms with van der Waals surface area (Å²) in [6.45, 7) is 8.76. The third-order valence-corrected chi connectivity index (χ3v) is 7.91. The van der Waals surface area contributed by atoms with E-state index < -0.39 is 8.32 Å². The molecule has 0 amide bonds. The van der Waals surface area contributed by atoms with Crippen LogP contribution in [0.3, 0.4) is 0 Å². The van der Waals surface area contributed by atoms with E-state index in [4.69, 9.17) is 4.43 Å². The number of rotatable bonds is 10. The van der Waals surface area contributed by atoms with Crippen LogP contribution >= 0.6 is 0 Å². The Balaban J connectivity index is 4.18. The molecule has 0 heterocycles. The van der Waals surface area contributed by atoms with E-state index in [0.29, 0.717) is 0 Å². The molecule has 0 aliphatic rings. The quantitative estimate of drug-likeness (QED) is 0.460. The van der Waals surface area contributed by atoms with Crippen molar-refractivity contribution in [3.8, 4) is 0 Å². The van der Waals surface area contributed by atoms with Crippen LogP contribution in [0.4, 0.5) is 0 Å². The number of nitrogens with one attached hydrogen (secondary N) is 1. The maximum Gasteiger partial charge on any atom is 0.192 e. The summed E-state index contributed by atoms with van der Waals surface area (Å²) in [6, 6.07) is 4.03. The van der Waals surface area contributed by atoms with Crippen molar-refractivity contribution in [3.63, 3.8) is 0 Å². The van der Waals surface area contributed by atoms with Crippen LogP contribution < -0.4 is 5.32 Å². The van der Waals surface area contributed by atoms with Gasteiger partial charge in [0.05, 0.1) is 0 Å². The molecule has 0 unspecified atom stereocenters. The third-order valence-electron chi connectivity index (χ3n) is 2.92. The zero-order chi connectivity index (χ0) is 11.6. The highest BCUT2D eigenvalue weighted by molar-refractivity contribution is 6.73. The van der Waals surface area contributed by atoms with Crippen molar-refractivity contribution in [1.29, 1.82) is 0 Å². The highest BCUT2D eigenvalue weighted by Crippen LogP contribution is 2.27. The molecule has 0 aromatic rings. The van der Waals surface area contributed by atoms with E-state index in [-0.39, 0.29) is 0 Å². The summed E-state index contributed by atoms with van der Waals surface area (Å²) in [5, 5.41) is 3.23. The average Bonchev–Trinajstić information content (AvgIpc) is 2.19. The van der Waals surface area contributed by atoms with Gasteiger partial charge in [0.2, 0.25) is 0 Å². The van der Waals surface area contributed by atoms with Gasteiger partial charge in [0.25, 0.3) is 0 Å². The Hall–Kier alpha value is 0.137. The van der Waals surface area contributed by atoms with Gasteiger partial charge in [0.1, 0.15) is 0 Å². The summed E-state index contributed by atoms with van der Waals surface area (Å²) in [5.41, 5.74) is 0. The van der Waals surface area contributed by atoms with Crippen molar-refractivity contribution >= 4 is 8.32 Å². The second kappa shape index (κ2) is 9.37. The SMILES string of the molecule is CCC[Si](CCC)(CCCNC)OCC. The zero-order valence-corrected chi connectivity index (χ0v) is 12.1. The van der Waals surface area contributed by atoms with Crippen molar-refractivity contribution in [3.05, 3.63) is 0 Å². The van der Waals surface area contributed by atoms with Gasteiger partial charge in [-0.2, -0.15) is 0 Å². The molecule has 0 saturated carbocycles. The molecule has 0 bridgehead atoms. The van der Waals surface area contributed by atoms with E-state index in [1.54, 1.807) is 0 Å². The fourth-order valence-corrected chi connectivity index (χ4v) is 6.84. The van der Waals surface area contributed by atoms with Gasteiger partial charge >= 0.3 is 0 Å².